The summed E-state index contributed by atoms with van der Waals surface area (Å²) in [4.78, 5) is 16.2. The Balaban J connectivity index is 1.52. The van der Waals surface area contributed by atoms with Crippen LogP contribution in [0.3, 0.4) is 0 Å². The highest BCUT2D eigenvalue weighted by atomic mass is 16.6. The second-order valence-corrected chi connectivity index (χ2v) is 7.48. The molecule has 114 valence electrons. The van der Waals surface area contributed by atoms with Gasteiger partial charge in [0.15, 0.2) is 0 Å². The Morgan fingerprint density at radius 1 is 1.14 bits per heavy atom. The average molecular weight is 288 g/mol. The molecule has 0 unspecified atom stereocenters. The van der Waals surface area contributed by atoms with Gasteiger partial charge < -0.3 is 14.5 Å². The summed E-state index contributed by atoms with van der Waals surface area (Å²) in [6.45, 7) is 11.6. The number of nitrogens with zero attached hydrogens (tertiary/aromatic N) is 2. The van der Waals surface area contributed by atoms with Gasteiger partial charge in [0.05, 0.1) is 0 Å². The minimum Gasteiger partial charge on any atom is -0.444 e. The van der Waals surface area contributed by atoms with Gasteiger partial charge in [-0.3, -0.25) is 0 Å². The molecular weight excluding hydrogens is 264 g/mol. The lowest BCUT2D eigenvalue weighted by molar-refractivity contribution is -0.0453. The molecule has 2 heterocycles. The fourth-order valence-corrected chi connectivity index (χ4v) is 3.27. The molecule has 0 aliphatic carbocycles. The summed E-state index contributed by atoms with van der Waals surface area (Å²) in [5.41, 5.74) is 2.51. The number of ether oxygens (including phenoxy) is 1. The first-order valence-electron chi connectivity index (χ1n) is 7.57. The molecule has 4 nitrogen and oxygen atoms in total. The zero-order valence-electron chi connectivity index (χ0n) is 13.3. The van der Waals surface area contributed by atoms with Crippen molar-refractivity contribution >= 4 is 11.8 Å². The van der Waals surface area contributed by atoms with Crippen molar-refractivity contribution in [1.82, 2.24) is 4.90 Å². The second kappa shape index (κ2) is 4.65. The van der Waals surface area contributed by atoms with Crippen LogP contribution < -0.4 is 4.90 Å². The molecule has 2 aliphatic rings. The maximum atomic E-state index is 12.0. The van der Waals surface area contributed by atoms with Gasteiger partial charge in [-0.05, 0) is 39.3 Å². The normalized spacial score (nSPS) is 20.0. The summed E-state index contributed by atoms with van der Waals surface area (Å²) in [6, 6.07) is 8.48. The van der Waals surface area contributed by atoms with Crippen LogP contribution in [0.4, 0.5) is 10.5 Å². The van der Waals surface area contributed by atoms with Crippen LogP contribution >= 0.6 is 0 Å². The smallest absolute Gasteiger partial charge is 0.410 e. The Bertz CT molecular complexity index is 548. The molecule has 3 rings (SSSR count). The van der Waals surface area contributed by atoms with E-state index in [1.807, 2.05) is 25.7 Å². The highest BCUT2D eigenvalue weighted by molar-refractivity contribution is 5.70. The number of hydrogen-bond donors (Lipinski definition) is 0. The standard InChI is InChI=1S/C17H24N2O2/c1-13-7-5-6-8-14(13)18-9-17(10-18)11-19(12-17)15(20)21-16(2,3)4/h5-8H,9-12H2,1-4H3. The van der Waals surface area contributed by atoms with Crippen molar-refractivity contribution < 1.29 is 9.53 Å². The molecule has 0 atom stereocenters. The molecule has 1 aromatic carbocycles. The first kappa shape index (κ1) is 14.2. The molecule has 1 spiro atoms. The van der Waals surface area contributed by atoms with E-state index in [1.54, 1.807) is 0 Å². The lowest BCUT2D eigenvalue weighted by atomic mass is 9.72. The summed E-state index contributed by atoms with van der Waals surface area (Å²) < 4.78 is 5.41. The van der Waals surface area contributed by atoms with Crippen LogP contribution in [-0.4, -0.2) is 42.8 Å². The van der Waals surface area contributed by atoms with Crippen LogP contribution in [0.25, 0.3) is 0 Å². The van der Waals surface area contributed by atoms with E-state index in [0.717, 1.165) is 26.2 Å². The average Bonchev–Trinajstić information content (AvgIpc) is 2.25. The molecular formula is C17H24N2O2. The number of benzene rings is 1. The first-order valence-corrected chi connectivity index (χ1v) is 7.57. The quantitative estimate of drug-likeness (QED) is 0.796. The van der Waals surface area contributed by atoms with Crippen molar-refractivity contribution in [3.05, 3.63) is 29.8 Å². The predicted octanol–water partition coefficient (Wildman–Crippen LogP) is 3.05. The van der Waals surface area contributed by atoms with Gasteiger partial charge in [-0.1, -0.05) is 18.2 Å². The SMILES string of the molecule is Cc1ccccc1N1CC2(CN(C(=O)OC(C)(C)C)C2)C1. The third kappa shape index (κ3) is 2.71. The van der Waals surface area contributed by atoms with E-state index in [0.29, 0.717) is 5.41 Å². The van der Waals surface area contributed by atoms with Crippen LogP contribution in [-0.2, 0) is 4.74 Å². The number of carbonyl (C=O) groups excluding carboxylic acids is 1. The summed E-state index contributed by atoms with van der Waals surface area (Å²) >= 11 is 0. The highest BCUT2D eigenvalue weighted by Crippen LogP contribution is 2.42. The zero-order valence-corrected chi connectivity index (χ0v) is 13.3. The third-order valence-corrected chi connectivity index (χ3v) is 4.21. The van der Waals surface area contributed by atoms with Crippen molar-refractivity contribution in [2.75, 3.05) is 31.1 Å². The topological polar surface area (TPSA) is 32.8 Å². The molecule has 2 aliphatic heterocycles. The number of likely N-dealkylation sites (tertiary alicyclic amines) is 1. The third-order valence-electron chi connectivity index (χ3n) is 4.21. The van der Waals surface area contributed by atoms with E-state index in [-0.39, 0.29) is 6.09 Å². The van der Waals surface area contributed by atoms with Crippen molar-refractivity contribution in [2.24, 2.45) is 5.41 Å². The van der Waals surface area contributed by atoms with E-state index in [2.05, 4.69) is 36.1 Å². The molecule has 2 saturated heterocycles. The van der Waals surface area contributed by atoms with Gasteiger partial charge in [0.2, 0.25) is 0 Å². The summed E-state index contributed by atoms with van der Waals surface area (Å²) in [5, 5.41) is 0. The zero-order chi connectivity index (χ0) is 15.3. The highest BCUT2D eigenvalue weighted by Gasteiger charge is 2.54. The fraction of sp³-hybridized carbons (Fsp3) is 0.588. The van der Waals surface area contributed by atoms with Crippen LogP contribution in [0.2, 0.25) is 0 Å². The molecule has 4 heteroatoms. The molecule has 21 heavy (non-hydrogen) atoms. The lowest BCUT2D eigenvalue weighted by Crippen LogP contribution is -2.73. The summed E-state index contributed by atoms with van der Waals surface area (Å²) in [5.74, 6) is 0. The molecule has 2 fully saturated rings. The van der Waals surface area contributed by atoms with Crippen LogP contribution in [0.1, 0.15) is 26.3 Å². The number of carbonyl (C=O) groups is 1. The Morgan fingerprint density at radius 3 is 2.33 bits per heavy atom. The van der Waals surface area contributed by atoms with Crippen LogP contribution in [0, 0.1) is 12.3 Å². The number of aryl methyl sites for hydroxylation is 1. The predicted molar refractivity (Wildman–Crippen MR) is 83.6 cm³/mol. The van der Waals surface area contributed by atoms with Gasteiger partial charge in [0.25, 0.3) is 0 Å². The first-order chi connectivity index (χ1) is 9.78. The number of hydrogen-bond acceptors (Lipinski definition) is 3. The van der Waals surface area contributed by atoms with E-state index in [1.165, 1.54) is 11.3 Å². The molecule has 0 bridgehead atoms. The van der Waals surface area contributed by atoms with Crippen molar-refractivity contribution in [1.29, 1.82) is 0 Å². The molecule has 0 aromatic heterocycles. The van der Waals surface area contributed by atoms with Gasteiger partial charge in [-0.2, -0.15) is 0 Å². The van der Waals surface area contributed by atoms with E-state index >= 15 is 0 Å². The van der Waals surface area contributed by atoms with E-state index in [4.69, 9.17) is 4.74 Å². The Kier molecular flexibility index (Phi) is 3.15. The van der Waals surface area contributed by atoms with Gasteiger partial charge in [0.1, 0.15) is 5.60 Å². The van der Waals surface area contributed by atoms with Crippen LogP contribution in [0.5, 0.6) is 0 Å². The Hall–Kier alpha value is -1.71. The van der Waals surface area contributed by atoms with Gasteiger partial charge in [-0.15, -0.1) is 0 Å². The molecule has 0 radical (unpaired) electrons. The minimum absolute atomic E-state index is 0.178. The molecule has 0 N–H and O–H groups in total. The van der Waals surface area contributed by atoms with Crippen LogP contribution in [0.15, 0.2) is 24.3 Å². The fourth-order valence-electron chi connectivity index (χ4n) is 3.27. The number of rotatable bonds is 1. The Labute approximate surface area is 126 Å². The maximum Gasteiger partial charge on any atom is 0.410 e. The molecule has 1 aromatic rings. The van der Waals surface area contributed by atoms with E-state index < -0.39 is 5.60 Å². The molecule has 1 amide bonds. The number of amides is 1. The monoisotopic (exact) mass is 288 g/mol. The van der Waals surface area contributed by atoms with Crippen molar-refractivity contribution in [3.8, 4) is 0 Å². The summed E-state index contributed by atoms with van der Waals surface area (Å²) in [7, 11) is 0. The van der Waals surface area contributed by atoms with Gasteiger partial charge in [0, 0.05) is 37.3 Å². The van der Waals surface area contributed by atoms with Gasteiger partial charge >= 0.3 is 6.09 Å². The van der Waals surface area contributed by atoms with Crippen molar-refractivity contribution in [2.45, 2.75) is 33.3 Å². The summed E-state index contributed by atoms with van der Waals surface area (Å²) in [6.07, 6.45) is -0.178. The maximum absolute atomic E-state index is 12.0. The number of para-hydroxylation sites is 1. The van der Waals surface area contributed by atoms with Crippen molar-refractivity contribution in [3.63, 3.8) is 0 Å². The lowest BCUT2D eigenvalue weighted by Gasteiger charge is -2.60. The molecule has 0 saturated carbocycles. The second-order valence-electron chi connectivity index (χ2n) is 7.48. The van der Waals surface area contributed by atoms with Gasteiger partial charge in [-0.25, -0.2) is 4.79 Å². The minimum atomic E-state index is -0.410. The number of anilines is 1. The van der Waals surface area contributed by atoms with E-state index in [9.17, 15) is 4.79 Å². The largest absolute Gasteiger partial charge is 0.444 e. The Morgan fingerprint density at radius 2 is 1.76 bits per heavy atom.